The first-order valence-corrected chi connectivity index (χ1v) is 6.86. The fourth-order valence-corrected chi connectivity index (χ4v) is 2.16. The van der Waals surface area contributed by atoms with Crippen LogP contribution < -0.4 is 5.32 Å². The Morgan fingerprint density at radius 1 is 1.20 bits per heavy atom. The summed E-state index contributed by atoms with van der Waals surface area (Å²) in [5, 5.41) is 2.79. The van der Waals surface area contributed by atoms with Crippen LogP contribution in [-0.2, 0) is 6.42 Å². The molecular weight excluding hydrogens is 277 g/mol. The van der Waals surface area contributed by atoms with Gasteiger partial charge in [0.25, 0.3) is 5.91 Å². The van der Waals surface area contributed by atoms with Gasteiger partial charge in [0.15, 0.2) is 0 Å². The number of benzene rings is 2. The van der Waals surface area contributed by atoms with E-state index in [0.29, 0.717) is 22.7 Å². The van der Waals surface area contributed by atoms with Gasteiger partial charge in [-0.1, -0.05) is 12.1 Å². The monoisotopic (exact) mass is 291 g/mol. The highest BCUT2D eigenvalue weighted by Gasteiger charge is 2.09. The minimum Gasteiger partial charge on any atom is -0.322 e. The summed E-state index contributed by atoms with van der Waals surface area (Å²) in [7, 11) is 0. The Morgan fingerprint density at radius 2 is 1.90 bits per heavy atom. The fraction of sp³-hybridized carbons (Fsp3) is 0.188. The van der Waals surface area contributed by atoms with Crippen LogP contribution in [0.1, 0.15) is 21.5 Å². The molecule has 20 heavy (non-hydrogen) atoms. The summed E-state index contributed by atoms with van der Waals surface area (Å²) >= 11 is 5.67. The minimum absolute atomic E-state index is 0.243. The molecule has 0 aromatic heterocycles. The maximum absolute atomic E-state index is 13.0. The minimum atomic E-state index is -0.343. The molecule has 0 spiro atoms. The molecular formula is C16H15ClFNO. The molecule has 0 fully saturated rings. The Hall–Kier alpha value is -1.87. The van der Waals surface area contributed by atoms with Gasteiger partial charge < -0.3 is 5.32 Å². The van der Waals surface area contributed by atoms with E-state index in [1.165, 1.54) is 18.2 Å². The number of rotatable bonds is 4. The number of amides is 1. The van der Waals surface area contributed by atoms with Crippen LogP contribution >= 0.6 is 11.6 Å². The van der Waals surface area contributed by atoms with Crippen LogP contribution in [0, 0.1) is 12.7 Å². The summed E-state index contributed by atoms with van der Waals surface area (Å²) in [6.07, 6.45) is 0.798. The summed E-state index contributed by atoms with van der Waals surface area (Å²) in [5.41, 5.74) is 2.91. The average molecular weight is 292 g/mol. The van der Waals surface area contributed by atoms with Gasteiger partial charge in [0.1, 0.15) is 5.82 Å². The van der Waals surface area contributed by atoms with E-state index >= 15 is 0 Å². The maximum atomic E-state index is 13.0. The number of aryl methyl sites for hydroxylation is 2. The molecule has 0 aliphatic carbocycles. The van der Waals surface area contributed by atoms with Gasteiger partial charge in [-0.15, -0.1) is 11.6 Å². The lowest BCUT2D eigenvalue weighted by molar-refractivity contribution is 0.102. The van der Waals surface area contributed by atoms with Crippen LogP contribution in [0.15, 0.2) is 42.5 Å². The zero-order chi connectivity index (χ0) is 14.5. The SMILES string of the molecule is Cc1cc(F)ccc1C(=O)Nc1ccc(CCCl)cc1. The van der Waals surface area contributed by atoms with Crippen LogP contribution in [0.3, 0.4) is 0 Å². The van der Waals surface area contributed by atoms with Gasteiger partial charge in [-0.2, -0.15) is 0 Å². The maximum Gasteiger partial charge on any atom is 0.255 e. The molecule has 0 saturated carbocycles. The van der Waals surface area contributed by atoms with Crippen molar-refractivity contribution >= 4 is 23.2 Å². The number of anilines is 1. The molecule has 1 amide bonds. The quantitative estimate of drug-likeness (QED) is 0.842. The highest BCUT2D eigenvalue weighted by molar-refractivity contribution is 6.18. The largest absolute Gasteiger partial charge is 0.322 e. The topological polar surface area (TPSA) is 29.1 Å². The predicted octanol–water partition coefficient (Wildman–Crippen LogP) is 4.17. The molecule has 0 aliphatic heterocycles. The van der Waals surface area contributed by atoms with Crippen molar-refractivity contribution in [3.63, 3.8) is 0 Å². The smallest absolute Gasteiger partial charge is 0.255 e. The molecule has 2 nitrogen and oxygen atoms in total. The molecule has 0 saturated heterocycles. The van der Waals surface area contributed by atoms with Crippen molar-refractivity contribution in [3.05, 3.63) is 65.0 Å². The summed E-state index contributed by atoms with van der Waals surface area (Å²) in [6, 6.07) is 11.6. The molecule has 0 aliphatic rings. The first kappa shape index (κ1) is 14.5. The van der Waals surface area contributed by atoms with Crippen LogP contribution in [0.4, 0.5) is 10.1 Å². The van der Waals surface area contributed by atoms with Gasteiger partial charge in [-0.25, -0.2) is 4.39 Å². The van der Waals surface area contributed by atoms with Crippen LogP contribution in [0.2, 0.25) is 0 Å². The number of carbonyl (C=O) groups excluding carboxylic acids is 1. The van der Waals surface area contributed by atoms with Crippen molar-refractivity contribution < 1.29 is 9.18 Å². The number of carbonyl (C=O) groups is 1. The molecule has 1 N–H and O–H groups in total. The first-order chi connectivity index (χ1) is 9.60. The molecule has 4 heteroatoms. The van der Waals surface area contributed by atoms with Crippen molar-refractivity contribution in [1.82, 2.24) is 0 Å². The second-order valence-electron chi connectivity index (χ2n) is 4.55. The second-order valence-corrected chi connectivity index (χ2v) is 4.93. The van der Waals surface area contributed by atoms with Crippen LogP contribution in [-0.4, -0.2) is 11.8 Å². The van der Waals surface area contributed by atoms with E-state index in [2.05, 4.69) is 5.32 Å². The van der Waals surface area contributed by atoms with Gasteiger partial charge >= 0.3 is 0 Å². The lowest BCUT2D eigenvalue weighted by Gasteiger charge is -2.08. The third-order valence-electron chi connectivity index (χ3n) is 3.03. The van der Waals surface area contributed by atoms with Gasteiger partial charge in [-0.3, -0.25) is 4.79 Å². The molecule has 2 aromatic carbocycles. The van der Waals surface area contributed by atoms with Gasteiger partial charge in [0, 0.05) is 17.1 Å². The molecule has 0 heterocycles. The van der Waals surface area contributed by atoms with Crippen LogP contribution in [0.5, 0.6) is 0 Å². The van der Waals surface area contributed by atoms with Crippen LogP contribution in [0.25, 0.3) is 0 Å². The zero-order valence-corrected chi connectivity index (χ0v) is 11.9. The van der Waals surface area contributed by atoms with E-state index in [0.717, 1.165) is 12.0 Å². The van der Waals surface area contributed by atoms with Crippen molar-refractivity contribution in [2.24, 2.45) is 0 Å². The third kappa shape index (κ3) is 3.58. The summed E-state index contributed by atoms with van der Waals surface area (Å²) in [5.74, 6) is -0.0161. The molecule has 2 aromatic rings. The highest BCUT2D eigenvalue weighted by Crippen LogP contribution is 2.15. The molecule has 2 rings (SSSR count). The van der Waals surface area contributed by atoms with E-state index in [1.54, 1.807) is 6.92 Å². The first-order valence-electron chi connectivity index (χ1n) is 6.32. The Labute approximate surface area is 122 Å². The van der Waals surface area contributed by atoms with Crippen molar-refractivity contribution in [2.75, 3.05) is 11.2 Å². The van der Waals surface area contributed by atoms with Crippen molar-refractivity contribution in [1.29, 1.82) is 0 Å². The molecule has 0 bridgehead atoms. The second kappa shape index (κ2) is 6.53. The molecule has 0 atom stereocenters. The third-order valence-corrected chi connectivity index (χ3v) is 3.22. The zero-order valence-electron chi connectivity index (χ0n) is 11.1. The Kier molecular flexibility index (Phi) is 4.74. The lowest BCUT2D eigenvalue weighted by atomic mass is 10.1. The van der Waals surface area contributed by atoms with Gasteiger partial charge in [-0.05, 0) is 54.8 Å². The number of nitrogens with one attached hydrogen (secondary N) is 1. The van der Waals surface area contributed by atoms with E-state index in [1.807, 2.05) is 24.3 Å². The van der Waals surface area contributed by atoms with Crippen molar-refractivity contribution in [3.8, 4) is 0 Å². The van der Waals surface area contributed by atoms with Gasteiger partial charge in [0.05, 0.1) is 0 Å². The Bertz CT molecular complexity index is 610. The fourth-order valence-electron chi connectivity index (χ4n) is 1.94. The van der Waals surface area contributed by atoms with Gasteiger partial charge in [0.2, 0.25) is 0 Å². The summed E-state index contributed by atoms with van der Waals surface area (Å²) in [4.78, 5) is 12.1. The summed E-state index contributed by atoms with van der Waals surface area (Å²) in [6.45, 7) is 1.71. The molecule has 104 valence electrons. The average Bonchev–Trinajstić information content (AvgIpc) is 2.41. The molecule has 0 unspecified atom stereocenters. The Balaban J connectivity index is 2.11. The van der Waals surface area contributed by atoms with E-state index in [4.69, 9.17) is 11.6 Å². The number of alkyl halides is 1. The standard InChI is InChI=1S/C16H15ClFNO/c1-11-10-13(18)4-7-15(11)16(20)19-14-5-2-12(3-6-14)8-9-17/h2-7,10H,8-9H2,1H3,(H,19,20). The molecule has 0 radical (unpaired) electrons. The predicted molar refractivity (Wildman–Crippen MR) is 80.0 cm³/mol. The normalized spacial score (nSPS) is 10.3. The highest BCUT2D eigenvalue weighted by atomic mass is 35.5. The lowest BCUT2D eigenvalue weighted by Crippen LogP contribution is -2.13. The number of halogens is 2. The van der Waals surface area contributed by atoms with E-state index in [-0.39, 0.29) is 11.7 Å². The Morgan fingerprint density at radius 3 is 2.50 bits per heavy atom. The van der Waals surface area contributed by atoms with E-state index in [9.17, 15) is 9.18 Å². The summed E-state index contributed by atoms with van der Waals surface area (Å²) < 4.78 is 13.0. The number of hydrogen-bond acceptors (Lipinski definition) is 1. The number of hydrogen-bond donors (Lipinski definition) is 1. The van der Waals surface area contributed by atoms with Crippen molar-refractivity contribution in [2.45, 2.75) is 13.3 Å². The van der Waals surface area contributed by atoms with E-state index < -0.39 is 0 Å².